The van der Waals surface area contributed by atoms with Crippen LogP contribution in [-0.2, 0) is 19.6 Å². The molecule has 1 aromatic carbocycles. The molecule has 1 aliphatic rings. The molecule has 0 bridgehead atoms. The maximum absolute atomic E-state index is 12.8. The van der Waals surface area contributed by atoms with Crippen molar-refractivity contribution in [1.29, 1.82) is 0 Å². The van der Waals surface area contributed by atoms with Crippen LogP contribution in [0.1, 0.15) is 37.0 Å². The SMILES string of the molecule is CCOC(=O)c1ccc(S(=O)(=O)N2CCC(C(=O)N(C)C(C)CO)CC2)cc1. The van der Waals surface area contributed by atoms with Crippen molar-refractivity contribution in [3.8, 4) is 0 Å². The molecule has 0 saturated carbocycles. The Balaban J connectivity index is 2.03. The van der Waals surface area contributed by atoms with Gasteiger partial charge in [-0.3, -0.25) is 4.79 Å². The van der Waals surface area contributed by atoms with Crippen molar-refractivity contribution in [3.63, 3.8) is 0 Å². The van der Waals surface area contributed by atoms with Gasteiger partial charge in [0, 0.05) is 26.1 Å². The Bertz CT molecular complexity index is 785. The van der Waals surface area contributed by atoms with Gasteiger partial charge in [0.15, 0.2) is 0 Å². The van der Waals surface area contributed by atoms with Gasteiger partial charge in [-0.05, 0) is 51.0 Å². The van der Waals surface area contributed by atoms with E-state index in [2.05, 4.69) is 0 Å². The van der Waals surface area contributed by atoms with Gasteiger partial charge in [-0.1, -0.05) is 0 Å². The minimum Gasteiger partial charge on any atom is -0.462 e. The largest absolute Gasteiger partial charge is 0.462 e. The van der Waals surface area contributed by atoms with Crippen LogP contribution in [0.25, 0.3) is 0 Å². The molecule has 9 heteroatoms. The number of piperidine rings is 1. The highest BCUT2D eigenvalue weighted by molar-refractivity contribution is 7.89. The molecule has 156 valence electrons. The van der Waals surface area contributed by atoms with Crippen LogP contribution in [0.3, 0.4) is 0 Å². The van der Waals surface area contributed by atoms with E-state index in [-0.39, 0.29) is 49.1 Å². The Morgan fingerprint density at radius 3 is 2.32 bits per heavy atom. The number of carbonyl (C=O) groups is 2. The number of hydrogen-bond acceptors (Lipinski definition) is 6. The third kappa shape index (κ3) is 4.89. The number of benzene rings is 1. The van der Waals surface area contributed by atoms with Gasteiger partial charge in [-0.15, -0.1) is 0 Å². The second kappa shape index (κ2) is 9.49. The van der Waals surface area contributed by atoms with Crippen molar-refractivity contribution in [1.82, 2.24) is 9.21 Å². The number of esters is 1. The molecule has 2 rings (SSSR count). The van der Waals surface area contributed by atoms with Gasteiger partial charge in [-0.25, -0.2) is 13.2 Å². The summed E-state index contributed by atoms with van der Waals surface area (Å²) in [5.74, 6) is -0.818. The molecule has 0 radical (unpaired) electrons. The predicted molar refractivity (Wildman–Crippen MR) is 103 cm³/mol. The van der Waals surface area contributed by atoms with E-state index in [0.29, 0.717) is 18.4 Å². The fraction of sp³-hybridized carbons (Fsp3) is 0.579. The number of amides is 1. The van der Waals surface area contributed by atoms with Crippen molar-refractivity contribution in [2.75, 3.05) is 33.4 Å². The van der Waals surface area contributed by atoms with Gasteiger partial charge >= 0.3 is 5.97 Å². The second-order valence-electron chi connectivity index (χ2n) is 6.90. The number of nitrogens with zero attached hydrogens (tertiary/aromatic N) is 2. The van der Waals surface area contributed by atoms with Gasteiger partial charge in [0.2, 0.25) is 15.9 Å². The van der Waals surface area contributed by atoms with Gasteiger partial charge in [0.05, 0.1) is 29.7 Å². The maximum Gasteiger partial charge on any atom is 0.338 e. The number of ether oxygens (including phenoxy) is 1. The van der Waals surface area contributed by atoms with E-state index >= 15 is 0 Å². The fourth-order valence-electron chi connectivity index (χ4n) is 3.10. The monoisotopic (exact) mass is 412 g/mol. The summed E-state index contributed by atoms with van der Waals surface area (Å²) in [6.07, 6.45) is 0.864. The quantitative estimate of drug-likeness (QED) is 0.673. The molecule has 0 aromatic heterocycles. The van der Waals surface area contributed by atoms with Crippen molar-refractivity contribution < 1.29 is 27.9 Å². The Kier molecular flexibility index (Phi) is 7.56. The van der Waals surface area contributed by atoms with Crippen molar-refractivity contribution in [2.45, 2.75) is 37.6 Å². The molecule has 1 fully saturated rings. The van der Waals surface area contributed by atoms with Gasteiger partial charge in [0.1, 0.15) is 0 Å². The first-order valence-electron chi connectivity index (χ1n) is 9.37. The van der Waals surface area contributed by atoms with Gasteiger partial charge in [-0.2, -0.15) is 4.31 Å². The molecule has 1 N–H and O–H groups in total. The van der Waals surface area contributed by atoms with Crippen LogP contribution in [0.5, 0.6) is 0 Å². The zero-order valence-electron chi connectivity index (χ0n) is 16.5. The van der Waals surface area contributed by atoms with E-state index in [4.69, 9.17) is 4.74 Å². The standard InChI is InChI=1S/C19H28N2O6S/c1-4-27-19(24)16-5-7-17(8-6-16)28(25,26)21-11-9-15(10-12-21)18(23)20(3)14(2)13-22/h5-8,14-15,22H,4,9-13H2,1-3H3. The summed E-state index contributed by atoms with van der Waals surface area (Å²) < 4.78 is 31.9. The minimum atomic E-state index is -3.69. The summed E-state index contributed by atoms with van der Waals surface area (Å²) in [5, 5.41) is 9.20. The number of likely N-dealkylation sites (N-methyl/N-ethyl adjacent to an activating group) is 1. The first-order valence-corrected chi connectivity index (χ1v) is 10.8. The highest BCUT2D eigenvalue weighted by atomic mass is 32.2. The van der Waals surface area contributed by atoms with E-state index in [0.717, 1.165) is 0 Å². The third-order valence-corrected chi connectivity index (χ3v) is 6.99. The molecular formula is C19H28N2O6S. The number of carbonyl (C=O) groups excluding carboxylic acids is 2. The smallest absolute Gasteiger partial charge is 0.338 e. The lowest BCUT2D eigenvalue weighted by molar-refractivity contribution is -0.138. The topological polar surface area (TPSA) is 104 Å². The molecule has 8 nitrogen and oxygen atoms in total. The van der Waals surface area contributed by atoms with E-state index < -0.39 is 16.0 Å². The lowest BCUT2D eigenvalue weighted by Gasteiger charge is -2.34. The average molecular weight is 413 g/mol. The number of aliphatic hydroxyl groups excluding tert-OH is 1. The minimum absolute atomic E-state index is 0.0719. The molecule has 1 heterocycles. The van der Waals surface area contributed by atoms with Crippen LogP contribution >= 0.6 is 0 Å². The molecule has 1 aliphatic heterocycles. The van der Waals surface area contributed by atoms with Crippen LogP contribution in [0, 0.1) is 5.92 Å². The fourth-order valence-corrected chi connectivity index (χ4v) is 4.57. The Hall–Kier alpha value is -1.97. The highest BCUT2D eigenvalue weighted by Gasteiger charge is 2.34. The van der Waals surface area contributed by atoms with E-state index in [1.807, 2.05) is 0 Å². The summed E-state index contributed by atoms with van der Waals surface area (Å²) in [4.78, 5) is 25.8. The van der Waals surface area contributed by atoms with Crippen LogP contribution in [0.2, 0.25) is 0 Å². The molecule has 1 saturated heterocycles. The molecule has 0 aliphatic carbocycles. The average Bonchev–Trinajstić information content (AvgIpc) is 2.72. The van der Waals surface area contributed by atoms with Gasteiger partial charge in [0.25, 0.3) is 0 Å². The third-order valence-electron chi connectivity index (χ3n) is 5.08. The second-order valence-corrected chi connectivity index (χ2v) is 8.84. The van der Waals surface area contributed by atoms with Crippen LogP contribution in [0.4, 0.5) is 0 Å². The van der Waals surface area contributed by atoms with Crippen LogP contribution in [0.15, 0.2) is 29.2 Å². The van der Waals surface area contributed by atoms with Crippen molar-refractivity contribution >= 4 is 21.9 Å². The lowest BCUT2D eigenvalue weighted by Crippen LogP contribution is -2.46. The summed E-state index contributed by atoms with van der Waals surface area (Å²) in [7, 11) is -2.04. The molecule has 1 atom stereocenters. The van der Waals surface area contributed by atoms with E-state index in [9.17, 15) is 23.1 Å². The van der Waals surface area contributed by atoms with Gasteiger partial charge < -0.3 is 14.7 Å². The molecule has 1 aromatic rings. The zero-order chi connectivity index (χ0) is 20.9. The normalized spacial score (nSPS) is 17.1. The number of rotatable bonds is 7. The Morgan fingerprint density at radius 2 is 1.82 bits per heavy atom. The zero-order valence-corrected chi connectivity index (χ0v) is 17.3. The Morgan fingerprint density at radius 1 is 1.25 bits per heavy atom. The summed E-state index contributed by atoms with van der Waals surface area (Å²) in [5.41, 5.74) is 0.297. The van der Waals surface area contributed by atoms with Crippen LogP contribution < -0.4 is 0 Å². The number of sulfonamides is 1. The maximum atomic E-state index is 12.8. The Labute approximate surface area is 166 Å². The molecule has 1 amide bonds. The van der Waals surface area contributed by atoms with Crippen molar-refractivity contribution in [2.24, 2.45) is 5.92 Å². The summed E-state index contributed by atoms with van der Waals surface area (Å²) in [6, 6.07) is 5.40. The summed E-state index contributed by atoms with van der Waals surface area (Å²) in [6.45, 7) is 4.10. The highest BCUT2D eigenvalue weighted by Crippen LogP contribution is 2.25. The molecule has 1 unspecified atom stereocenters. The molecular weight excluding hydrogens is 384 g/mol. The first-order chi connectivity index (χ1) is 13.2. The number of hydrogen-bond donors (Lipinski definition) is 1. The number of aliphatic hydroxyl groups is 1. The lowest BCUT2D eigenvalue weighted by atomic mass is 9.96. The predicted octanol–water partition coefficient (Wildman–Crippen LogP) is 1.10. The molecule has 28 heavy (non-hydrogen) atoms. The van der Waals surface area contributed by atoms with Crippen LogP contribution in [-0.4, -0.2) is 74.0 Å². The van der Waals surface area contributed by atoms with E-state index in [1.165, 1.54) is 33.5 Å². The first kappa shape index (κ1) is 22.3. The van der Waals surface area contributed by atoms with E-state index in [1.54, 1.807) is 20.9 Å². The molecule has 0 spiro atoms. The van der Waals surface area contributed by atoms with Crippen molar-refractivity contribution in [3.05, 3.63) is 29.8 Å². The summed E-state index contributed by atoms with van der Waals surface area (Å²) >= 11 is 0.